The third-order valence-electron chi connectivity index (χ3n) is 5.19. The van der Waals surface area contributed by atoms with Gasteiger partial charge in [-0.1, -0.05) is 54.5 Å². The third-order valence-corrected chi connectivity index (χ3v) is 5.19. The summed E-state index contributed by atoms with van der Waals surface area (Å²) in [6.45, 7) is 1.95. The molecule has 0 atom stereocenters. The van der Waals surface area contributed by atoms with E-state index in [9.17, 15) is 4.79 Å². The number of nitrogens with one attached hydrogen (secondary N) is 1. The van der Waals surface area contributed by atoms with Crippen molar-refractivity contribution in [3.05, 3.63) is 77.8 Å². The molecule has 0 amide bonds. The maximum atomic E-state index is 12.5. The van der Waals surface area contributed by atoms with Gasteiger partial charge in [0.2, 0.25) is 5.82 Å². The zero-order chi connectivity index (χ0) is 27.0. The second kappa shape index (κ2) is 9.14. The van der Waals surface area contributed by atoms with E-state index in [0.717, 1.165) is 0 Å². The van der Waals surface area contributed by atoms with E-state index >= 15 is 0 Å². The number of rotatable bonds is 7. The molecule has 34 heavy (non-hydrogen) atoms. The number of hydrogen-bond donors (Lipinski definition) is 1. The van der Waals surface area contributed by atoms with Crippen molar-refractivity contribution in [3.8, 4) is 28.5 Å². The minimum atomic E-state index is -0.576. The molecule has 0 bridgehead atoms. The van der Waals surface area contributed by atoms with Crippen LogP contribution < -0.4 is 4.74 Å². The first kappa shape index (κ1) is 17.0. The Morgan fingerprint density at radius 1 is 1.09 bits per heavy atom. The lowest BCUT2D eigenvalue weighted by Crippen LogP contribution is -2.09. The summed E-state index contributed by atoms with van der Waals surface area (Å²) in [4.78, 5) is 17.0. The van der Waals surface area contributed by atoms with Crippen molar-refractivity contribution in [3.63, 3.8) is 0 Å². The van der Waals surface area contributed by atoms with Gasteiger partial charge >= 0.3 is 5.97 Å². The van der Waals surface area contributed by atoms with Gasteiger partial charge in [0.05, 0.1) is 42.3 Å². The topological polar surface area (TPSA) is 108 Å². The lowest BCUT2D eigenvalue weighted by atomic mass is 9.98. The van der Waals surface area contributed by atoms with E-state index in [1.165, 1.54) is 7.11 Å². The highest BCUT2D eigenvalue weighted by Gasteiger charge is 2.20. The summed E-state index contributed by atoms with van der Waals surface area (Å²) in [5, 5.41) is 14.0. The number of para-hydroxylation sites is 1. The van der Waals surface area contributed by atoms with Crippen molar-refractivity contribution >= 4 is 17.0 Å². The van der Waals surface area contributed by atoms with Crippen LogP contribution in [0.5, 0.6) is 6.01 Å². The molecule has 5 aromatic rings. The Hall–Kier alpha value is -4.53. The van der Waals surface area contributed by atoms with Crippen molar-refractivity contribution in [2.75, 3.05) is 13.7 Å². The van der Waals surface area contributed by atoms with Crippen molar-refractivity contribution in [1.82, 2.24) is 30.2 Å². The first-order valence-electron chi connectivity index (χ1n) is 12.5. The summed E-state index contributed by atoms with van der Waals surface area (Å²) in [7, 11) is 1.28. The number of ether oxygens (including phenoxy) is 2. The Labute approximate surface area is 201 Å². The Morgan fingerprint density at radius 2 is 1.88 bits per heavy atom. The Bertz CT molecular complexity index is 1640. The van der Waals surface area contributed by atoms with Crippen LogP contribution in [0.3, 0.4) is 0 Å². The van der Waals surface area contributed by atoms with Gasteiger partial charge in [0.1, 0.15) is 0 Å². The van der Waals surface area contributed by atoms with Crippen LogP contribution in [0, 0.1) is 0 Å². The van der Waals surface area contributed by atoms with Gasteiger partial charge in [-0.2, -0.15) is 10.2 Å². The number of methoxy groups -OCH3 is 1. The van der Waals surface area contributed by atoms with Gasteiger partial charge in [0.15, 0.2) is 0 Å². The van der Waals surface area contributed by atoms with Crippen LogP contribution in [0.1, 0.15) is 28.3 Å². The van der Waals surface area contributed by atoms with Crippen LogP contribution in [-0.4, -0.2) is 49.9 Å². The predicted molar refractivity (Wildman–Crippen MR) is 126 cm³/mol. The fourth-order valence-electron chi connectivity index (χ4n) is 3.71. The van der Waals surface area contributed by atoms with E-state index in [2.05, 4.69) is 25.6 Å². The smallest absolute Gasteiger partial charge is 0.340 e. The first-order chi connectivity index (χ1) is 18.4. The van der Waals surface area contributed by atoms with Gasteiger partial charge in [0.25, 0.3) is 6.01 Å². The van der Waals surface area contributed by atoms with Crippen LogP contribution >= 0.6 is 0 Å². The van der Waals surface area contributed by atoms with Crippen LogP contribution in [0.25, 0.3) is 33.5 Å². The molecule has 5 rings (SSSR count). The summed E-state index contributed by atoms with van der Waals surface area (Å²) in [6, 6.07) is 11.2. The standard InChI is InChI=1S/C25H22N6O3/c1-3-34-25-26-21-10-6-9-20(24(32)33-2)22(21)31(25)15-16-11-13-17(14-12-16)18-7-4-5-8-19(18)23-27-29-30-28-23/h4-14H,3,15H2,1-2H3,(H,27,28,29,30)/i11D,12D,13D,14D. The zero-order valence-electron chi connectivity index (χ0n) is 22.4. The molecular weight excluding hydrogens is 432 g/mol. The summed E-state index contributed by atoms with van der Waals surface area (Å²) in [5.74, 6) is -0.309. The highest BCUT2D eigenvalue weighted by atomic mass is 16.5. The molecule has 9 heteroatoms. The number of esters is 1. The number of benzene rings is 3. The summed E-state index contributed by atoms with van der Waals surface area (Å²) < 4.78 is 47.5. The third kappa shape index (κ3) is 3.88. The van der Waals surface area contributed by atoms with Crippen LogP contribution in [0.4, 0.5) is 0 Å². The average Bonchev–Trinajstić information content (AvgIpc) is 3.58. The lowest BCUT2D eigenvalue weighted by molar-refractivity contribution is 0.0602. The predicted octanol–water partition coefficient (Wildman–Crippen LogP) is 4.12. The maximum Gasteiger partial charge on any atom is 0.340 e. The summed E-state index contributed by atoms with van der Waals surface area (Å²) in [6.07, 6.45) is 0. The number of tetrazole rings is 1. The van der Waals surface area contributed by atoms with Gasteiger partial charge < -0.3 is 9.47 Å². The molecule has 0 aliphatic carbocycles. The second-order valence-electron chi connectivity index (χ2n) is 7.21. The van der Waals surface area contributed by atoms with Crippen LogP contribution in [-0.2, 0) is 11.3 Å². The van der Waals surface area contributed by atoms with E-state index < -0.39 is 5.97 Å². The molecule has 2 heterocycles. The first-order valence-corrected chi connectivity index (χ1v) is 10.5. The summed E-state index contributed by atoms with van der Waals surface area (Å²) in [5.41, 5.74) is 2.29. The van der Waals surface area contributed by atoms with E-state index in [1.54, 1.807) is 54.0 Å². The largest absolute Gasteiger partial charge is 0.465 e. The molecule has 3 aromatic carbocycles. The monoisotopic (exact) mass is 458 g/mol. The summed E-state index contributed by atoms with van der Waals surface area (Å²) >= 11 is 0. The zero-order valence-corrected chi connectivity index (χ0v) is 18.4. The van der Waals surface area contributed by atoms with Crippen LogP contribution in [0.2, 0.25) is 0 Å². The normalized spacial score (nSPS) is 12.6. The number of carbonyl (C=O) groups is 1. The van der Waals surface area contributed by atoms with E-state index in [-0.39, 0.29) is 65.8 Å². The molecule has 0 unspecified atom stereocenters. The molecule has 1 N–H and O–H groups in total. The van der Waals surface area contributed by atoms with E-state index in [1.807, 2.05) is 0 Å². The molecule has 170 valence electrons. The van der Waals surface area contributed by atoms with Gasteiger partial charge in [0, 0.05) is 5.56 Å². The maximum absolute atomic E-state index is 12.5. The minimum Gasteiger partial charge on any atom is -0.465 e. The molecule has 0 saturated carbocycles. The SMILES string of the molecule is [2H]c1c([2H])c(-c2ccccc2-c2nn[nH]n2)c([2H])c([2H])c1Cn1c(OCC)nc2cccc(C(=O)OC)c21. The number of aromatic amines is 1. The lowest BCUT2D eigenvalue weighted by Gasteiger charge is -2.12. The molecule has 2 aromatic heterocycles. The second-order valence-corrected chi connectivity index (χ2v) is 7.21. The Balaban J connectivity index is 1.70. The molecule has 0 saturated heterocycles. The Kier molecular flexibility index (Phi) is 4.58. The Morgan fingerprint density at radius 3 is 2.59 bits per heavy atom. The molecule has 0 radical (unpaired) electrons. The molecule has 0 fully saturated rings. The average molecular weight is 459 g/mol. The highest BCUT2D eigenvalue weighted by Crippen LogP contribution is 2.31. The molecule has 0 spiro atoms. The number of hydrogen-bond acceptors (Lipinski definition) is 7. The van der Waals surface area contributed by atoms with Crippen molar-refractivity contribution in [2.24, 2.45) is 0 Å². The van der Waals surface area contributed by atoms with Crippen molar-refractivity contribution in [2.45, 2.75) is 13.5 Å². The quantitative estimate of drug-likeness (QED) is 0.366. The fourth-order valence-corrected chi connectivity index (χ4v) is 3.71. The molecular formula is C25H22N6O3. The van der Waals surface area contributed by atoms with E-state index in [4.69, 9.17) is 15.0 Å². The minimum absolute atomic E-state index is 0.111. The molecule has 0 aliphatic rings. The van der Waals surface area contributed by atoms with Gasteiger partial charge in [-0.25, -0.2) is 4.79 Å². The highest BCUT2D eigenvalue weighted by molar-refractivity contribution is 6.02. The van der Waals surface area contributed by atoms with Gasteiger partial charge in [-0.05, 0) is 41.0 Å². The molecule has 9 nitrogen and oxygen atoms in total. The van der Waals surface area contributed by atoms with Crippen molar-refractivity contribution < 1.29 is 19.8 Å². The molecule has 0 aliphatic heterocycles. The number of imidazole rings is 1. The van der Waals surface area contributed by atoms with Gasteiger partial charge in [-0.15, -0.1) is 10.2 Å². The number of H-pyrrole nitrogens is 1. The van der Waals surface area contributed by atoms with E-state index in [0.29, 0.717) is 22.2 Å². The number of aromatic nitrogens is 6. The van der Waals surface area contributed by atoms with Crippen LogP contribution in [0.15, 0.2) is 66.6 Å². The number of carbonyl (C=O) groups excluding carboxylic acids is 1. The van der Waals surface area contributed by atoms with Crippen molar-refractivity contribution in [1.29, 1.82) is 0 Å². The van der Waals surface area contributed by atoms with Gasteiger partial charge in [-0.3, -0.25) is 4.57 Å². The number of nitrogens with zero attached hydrogens (tertiary/aromatic N) is 5. The fraction of sp³-hybridized carbons (Fsp3) is 0.160. The number of fused-ring (bicyclic) bond motifs is 1.